The van der Waals surface area contributed by atoms with Crippen LogP contribution in [0.5, 0.6) is 0 Å². The molecular weight excluding hydrogens is 510 g/mol. The molecule has 0 radical (unpaired) electrons. The number of benzene rings is 2. The molecular formula is C31H39N3O6. The smallest absolute Gasteiger partial charge is 0.407 e. The summed E-state index contributed by atoms with van der Waals surface area (Å²) < 4.78 is 5.32. The Bertz CT molecular complexity index is 1200. The lowest BCUT2D eigenvalue weighted by Crippen LogP contribution is -2.48. The van der Waals surface area contributed by atoms with Gasteiger partial charge in [0.2, 0.25) is 11.8 Å². The maximum Gasteiger partial charge on any atom is 0.407 e. The minimum Gasteiger partial charge on any atom is -0.478 e. The third-order valence-electron chi connectivity index (χ3n) is 7.71. The molecule has 1 heterocycles. The van der Waals surface area contributed by atoms with Crippen LogP contribution in [0.15, 0.2) is 54.6 Å². The third-order valence-corrected chi connectivity index (χ3v) is 7.71. The molecule has 3 amide bonds. The number of hydrogen-bond acceptors (Lipinski definition) is 5. The van der Waals surface area contributed by atoms with Crippen molar-refractivity contribution in [1.82, 2.24) is 10.2 Å². The molecule has 2 aliphatic rings. The predicted molar refractivity (Wildman–Crippen MR) is 151 cm³/mol. The molecule has 9 nitrogen and oxygen atoms in total. The van der Waals surface area contributed by atoms with E-state index >= 15 is 0 Å². The highest BCUT2D eigenvalue weighted by atomic mass is 16.6. The van der Waals surface area contributed by atoms with Crippen molar-refractivity contribution in [3.05, 3.63) is 65.7 Å². The van der Waals surface area contributed by atoms with Gasteiger partial charge in [-0.2, -0.15) is 0 Å². The number of carboxylic acid groups (broad SMARTS) is 1. The Labute approximate surface area is 235 Å². The second kappa shape index (κ2) is 12.5. The molecule has 2 atom stereocenters. The second-order valence-electron chi connectivity index (χ2n) is 11.8. The summed E-state index contributed by atoms with van der Waals surface area (Å²) >= 11 is 0. The van der Waals surface area contributed by atoms with Crippen molar-refractivity contribution in [2.24, 2.45) is 11.8 Å². The second-order valence-corrected chi connectivity index (χ2v) is 11.8. The SMILES string of the molecule is CC(C)(C)OC(=O)NC[C@H]1CC[C@H](C(=O)N2CC[C@@H](c3ccccc3)[C@@H]2C(=O)Nc2ccc(C(=O)O)cc2)CC1. The lowest BCUT2D eigenvalue weighted by atomic mass is 9.81. The van der Waals surface area contributed by atoms with Crippen LogP contribution in [0.1, 0.15) is 74.7 Å². The summed E-state index contributed by atoms with van der Waals surface area (Å²) in [4.78, 5) is 52.4. The largest absolute Gasteiger partial charge is 0.478 e. The summed E-state index contributed by atoms with van der Waals surface area (Å²) in [6, 6.07) is 15.1. The van der Waals surface area contributed by atoms with Gasteiger partial charge in [-0.05, 0) is 88.6 Å². The van der Waals surface area contributed by atoms with Crippen LogP contribution in [-0.4, -0.2) is 58.6 Å². The number of carbonyl (C=O) groups excluding carboxylic acids is 3. The quantitative estimate of drug-likeness (QED) is 0.444. The third kappa shape index (κ3) is 7.40. The molecule has 2 aromatic carbocycles. The molecule has 1 saturated carbocycles. The highest BCUT2D eigenvalue weighted by Gasteiger charge is 2.44. The van der Waals surface area contributed by atoms with Crippen molar-refractivity contribution < 1.29 is 29.0 Å². The van der Waals surface area contributed by atoms with E-state index in [1.54, 1.807) is 17.0 Å². The zero-order valence-electron chi connectivity index (χ0n) is 23.4. The number of amides is 3. The van der Waals surface area contributed by atoms with Crippen LogP contribution in [0, 0.1) is 11.8 Å². The Hall–Kier alpha value is -3.88. The maximum absolute atomic E-state index is 13.8. The van der Waals surface area contributed by atoms with Crippen molar-refractivity contribution in [1.29, 1.82) is 0 Å². The van der Waals surface area contributed by atoms with Crippen molar-refractivity contribution in [2.45, 2.75) is 70.4 Å². The maximum atomic E-state index is 13.8. The number of ether oxygens (including phenoxy) is 1. The van der Waals surface area contributed by atoms with Gasteiger partial charge in [-0.15, -0.1) is 0 Å². The van der Waals surface area contributed by atoms with Gasteiger partial charge in [-0.25, -0.2) is 9.59 Å². The minimum atomic E-state index is -1.04. The normalized spacial score (nSPS) is 22.8. The van der Waals surface area contributed by atoms with E-state index in [1.807, 2.05) is 51.1 Å². The molecule has 2 fully saturated rings. The average Bonchev–Trinajstić information content (AvgIpc) is 3.37. The number of hydrogen-bond donors (Lipinski definition) is 3. The molecule has 1 saturated heterocycles. The van der Waals surface area contributed by atoms with Gasteiger partial charge in [0, 0.05) is 30.6 Å². The van der Waals surface area contributed by atoms with Crippen LogP contribution in [0.2, 0.25) is 0 Å². The minimum absolute atomic E-state index is 0.00152. The summed E-state index contributed by atoms with van der Waals surface area (Å²) in [5.41, 5.74) is 1.08. The monoisotopic (exact) mass is 549 g/mol. The zero-order chi connectivity index (χ0) is 28.9. The standard InChI is InChI=1S/C31H39N3O6/c1-31(2,3)40-30(39)32-19-20-9-11-22(12-10-20)28(36)34-18-17-25(21-7-5-4-6-8-21)26(34)27(35)33-24-15-13-23(14-16-24)29(37)38/h4-8,13-16,20,22,25-26H,9-12,17-19H2,1-3H3,(H,32,39)(H,33,35)(H,37,38)/t20-,22-,25-,26+/m0/s1. The van der Waals surface area contributed by atoms with Gasteiger partial charge >= 0.3 is 12.1 Å². The van der Waals surface area contributed by atoms with Gasteiger partial charge in [0.25, 0.3) is 0 Å². The number of likely N-dealkylation sites (tertiary alicyclic amines) is 1. The van der Waals surface area contributed by atoms with Gasteiger partial charge in [0.05, 0.1) is 5.56 Å². The van der Waals surface area contributed by atoms with E-state index in [1.165, 1.54) is 12.1 Å². The van der Waals surface area contributed by atoms with Crippen molar-refractivity contribution in [3.63, 3.8) is 0 Å². The molecule has 0 aromatic heterocycles. The first-order chi connectivity index (χ1) is 19.0. The summed E-state index contributed by atoms with van der Waals surface area (Å²) in [5, 5.41) is 14.9. The van der Waals surface area contributed by atoms with Crippen molar-refractivity contribution in [3.8, 4) is 0 Å². The van der Waals surface area contributed by atoms with Crippen molar-refractivity contribution >= 4 is 29.6 Å². The number of anilines is 1. The highest BCUT2D eigenvalue weighted by Crippen LogP contribution is 2.38. The first kappa shape index (κ1) is 29.1. The molecule has 1 aliphatic carbocycles. The molecule has 214 valence electrons. The molecule has 9 heteroatoms. The topological polar surface area (TPSA) is 125 Å². The van der Waals surface area contributed by atoms with E-state index in [-0.39, 0.29) is 35.1 Å². The Morgan fingerprint density at radius 3 is 2.17 bits per heavy atom. The number of nitrogens with one attached hydrogen (secondary N) is 2. The van der Waals surface area contributed by atoms with Gasteiger partial charge < -0.3 is 25.4 Å². The van der Waals surface area contributed by atoms with E-state index in [2.05, 4.69) is 10.6 Å². The molecule has 2 aromatic rings. The molecule has 40 heavy (non-hydrogen) atoms. The predicted octanol–water partition coefficient (Wildman–Crippen LogP) is 5.04. The number of aromatic carboxylic acids is 1. The number of alkyl carbamates (subject to hydrolysis) is 1. The van der Waals surface area contributed by atoms with E-state index in [0.29, 0.717) is 38.0 Å². The van der Waals surface area contributed by atoms with Crippen LogP contribution in [0.4, 0.5) is 10.5 Å². The lowest BCUT2D eigenvalue weighted by molar-refractivity contribution is -0.141. The number of carboxylic acids is 1. The Morgan fingerprint density at radius 1 is 0.925 bits per heavy atom. The van der Waals surface area contributed by atoms with E-state index in [0.717, 1.165) is 18.4 Å². The van der Waals surface area contributed by atoms with E-state index in [9.17, 15) is 19.2 Å². The Morgan fingerprint density at radius 2 is 1.57 bits per heavy atom. The van der Waals surface area contributed by atoms with E-state index < -0.39 is 23.7 Å². The van der Waals surface area contributed by atoms with Gasteiger partial charge in [-0.3, -0.25) is 9.59 Å². The summed E-state index contributed by atoms with van der Waals surface area (Å²) in [7, 11) is 0. The highest BCUT2D eigenvalue weighted by molar-refractivity contribution is 5.99. The fraction of sp³-hybridized carbons (Fsp3) is 0.484. The number of carbonyl (C=O) groups is 4. The average molecular weight is 550 g/mol. The molecule has 4 rings (SSSR count). The molecule has 1 aliphatic heterocycles. The number of nitrogens with zero attached hydrogens (tertiary/aromatic N) is 1. The van der Waals surface area contributed by atoms with Gasteiger partial charge in [0.15, 0.2) is 0 Å². The first-order valence-corrected chi connectivity index (χ1v) is 14.0. The fourth-order valence-electron chi connectivity index (χ4n) is 5.72. The zero-order valence-corrected chi connectivity index (χ0v) is 23.4. The first-order valence-electron chi connectivity index (χ1n) is 14.0. The Kier molecular flexibility index (Phi) is 9.12. The Balaban J connectivity index is 1.41. The van der Waals surface area contributed by atoms with Crippen LogP contribution >= 0.6 is 0 Å². The summed E-state index contributed by atoms with van der Waals surface area (Å²) in [6.07, 6.45) is 3.29. The fourth-order valence-corrected chi connectivity index (χ4v) is 5.72. The van der Waals surface area contributed by atoms with E-state index in [4.69, 9.17) is 9.84 Å². The molecule has 0 spiro atoms. The van der Waals surface area contributed by atoms with Crippen molar-refractivity contribution in [2.75, 3.05) is 18.4 Å². The summed E-state index contributed by atoms with van der Waals surface area (Å²) in [6.45, 7) is 6.49. The molecule has 0 bridgehead atoms. The van der Waals surface area contributed by atoms with Crippen LogP contribution in [0.25, 0.3) is 0 Å². The lowest BCUT2D eigenvalue weighted by Gasteiger charge is -2.34. The van der Waals surface area contributed by atoms with Crippen LogP contribution in [-0.2, 0) is 14.3 Å². The summed E-state index contributed by atoms with van der Waals surface area (Å²) in [5.74, 6) is -1.35. The van der Waals surface area contributed by atoms with Crippen LogP contribution in [0.3, 0.4) is 0 Å². The van der Waals surface area contributed by atoms with Gasteiger partial charge in [0.1, 0.15) is 11.6 Å². The van der Waals surface area contributed by atoms with Crippen LogP contribution < -0.4 is 10.6 Å². The number of rotatable bonds is 7. The molecule has 3 N–H and O–H groups in total. The van der Waals surface area contributed by atoms with Gasteiger partial charge in [-0.1, -0.05) is 30.3 Å². The molecule has 0 unspecified atom stereocenters.